The molecule has 0 spiro atoms. The van der Waals surface area contributed by atoms with Crippen LogP contribution in [0.5, 0.6) is 0 Å². The molecular weight excluding hydrogens is 243 g/mol. The van der Waals surface area contributed by atoms with Crippen LogP contribution in [0.25, 0.3) is 0 Å². The molecule has 0 radical (unpaired) electrons. The third-order valence-corrected chi connectivity index (χ3v) is 2.55. The second kappa shape index (κ2) is 8.63. The summed E-state index contributed by atoms with van der Waals surface area (Å²) in [4.78, 5) is 0. The zero-order valence-corrected chi connectivity index (χ0v) is 11.3. The van der Waals surface area contributed by atoms with Gasteiger partial charge < -0.3 is 25.3 Å². The normalized spacial score (nSPS) is 10.6. The summed E-state index contributed by atoms with van der Waals surface area (Å²) in [7, 11) is -2.17. The van der Waals surface area contributed by atoms with Crippen LogP contribution in [0.4, 0.5) is 0 Å². The molecule has 0 aliphatic carbocycles. The first-order chi connectivity index (χ1) is 7.48. The van der Waals surface area contributed by atoms with Crippen LogP contribution in [0.2, 0.25) is 0 Å². The van der Waals surface area contributed by atoms with E-state index in [0.29, 0.717) is 0 Å². The Morgan fingerprint density at radius 2 is 1.06 bits per heavy atom. The summed E-state index contributed by atoms with van der Waals surface area (Å²) >= 11 is 1.71. The summed E-state index contributed by atoms with van der Waals surface area (Å²) in [5.41, 5.74) is -2.01. The molecular formula is C10H21BO5S. The molecule has 0 atom stereocenters. The van der Waals surface area contributed by atoms with Crippen LogP contribution < -0.4 is 0 Å². The first-order valence-electron chi connectivity index (χ1n) is 4.94. The minimum atomic E-state index is -2.17. The van der Waals surface area contributed by atoms with E-state index in [0.717, 1.165) is 0 Å². The molecule has 1 aromatic heterocycles. The van der Waals surface area contributed by atoms with Gasteiger partial charge in [-0.3, -0.25) is 0 Å². The Balaban J connectivity index is 0. The van der Waals surface area contributed by atoms with Crippen LogP contribution in [0.1, 0.15) is 27.7 Å². The lowest BCUT2D eigenvalue weighted by Gasteiger charge is -2.31. The first kappa shape index (κ1) is 18.9. The molecule has 0 saturated heterocycles. The lowest BCUT2D eigenvalue weighted by molar-refractivity contribution is -0.107. The summed E-state index contributed by atoms with van der Waals surface area (Å²) in [6, 6.07) is 4.04. The van der Waals surface area contributed by atoms with E-state index in [9.17, 15) is 0 Å². The standard InChI is InChI=1S/C6H14O2.C4H4S.BH3O3/c1-5(2,7)6(3,4)8;1-2-4-5-3-1;2-1(3)4/h7-8H,1-4H3;1-4H;2-4H. The van der Waals surface area contributed by atoms with Gasteiger partial charge in [0.25, 0.3) is 0 Å². The summed E-state index contributed by atoms with van der Waals surface area (Å²) in [5.74, 6) is 0. The molecule has 0 aromatic carbocycles. The third kappa shape index (κ3) is 15.6. The topological polar surface area (TPSA) is 101 Å². The van der Waals surface area contributed by atoms with Crippen molar-refractivity contribution < 1.29 is 25.3 Å². The van der Waals surface area contributed by atoms with Crippen LogP contribution in [-0.4, -0.2) is 43.8 Å². The SMILES string of the molecule is CC(C)(O)C(C)(C)O.OB(O)O.c1ccsc1. The molecule has 0 bridgehead atoms. The minimum Gasteiger partial charge on any atom is -0.402 e. The Bertz CT molecular complexity index is 219. The molecule has 1 aromatic rings. The van der Waals surface area contributed by atoms with Gasteiger partial charge in [0.2, 0.25) is 0 Å². The van der Waals surface area contributed by atoms with Crippen molar-refractivity contribution in [3.63, 3.8) is 0 Å². The Kier molecular flexibility index (Phi) is 9.60. The molecule has 100 valence electrons. The van der Waals surface area contributed by atoms with E-state index in [1.807, 2.05) is 22.9 Å². The average molecular weight is 264 g/mol. The molecule has 1 heterocycles. The molecule has 0 aliphatic heterocycles. The molecule has 17 heavy (non-hydrogen) atoms. The lowest BCUT2D eigenvalue weighted by atomic mass is 9.90. The Morgan fingerprint density at radius 3 is 1.12 bits per heavy atom. The highest BCUT2D eigenvalue weighted by Gasteiger charge is 2.31. The maximum absolute atomic E-state index is 9.10. The smallest absolute Gasteiger partial charge is 0.402 e. The fourth-order valence-corrected chi connectivity index (χ4v) is 0.680. The Hall–Kier alpha value is -0.435. The third-order valence-electron chi connectivity index (χ3n) is 1.92. The quantitative estimate of drug-likeness (QED) is 0.467. The van der Waals surface area contributed by atoms with Gasteiger partial charge in [-0.05, 0) is 38.5 Å². The number of aliphatic hydroxyl groups is 2. The number of hydrogen-bond donors (Lipinski definition) is 5. The first-order valence-corrected chi connectivity index (χ1v) is 5.89. The maximum Gasteiger partial charge on any atom is 0.631 e. The zero-order valence-electron chi connectivity index (χ0n) is 10.5. The molecule has 0 aliphatic rings. The van der Waals surface area contributed by atoms with E-state index < -0.39 is 18.5 Å². The van der Waals surface area contributed by atoms with Crippen molar-refractivity contribution >= 4 is 18.7 Å². The molecule has 7 heteroatoms. The van der Waals surface area contributed by atoms with Crippen LogP contribution in [0, 0.1) is 0 Å². The molecule has 5 nitrogen and oxygen atoms in total. The Morgan fingerprint density at radius 1 is 0.824 bits per heavy atom. The van der Waals surface area contributed by atoms with E-state index >= 15 is 0 Å². The van der Waals surface area contributed by atoms with Crippen molar-refractivity contribution in [3.05, 3.63) is 22.9 Å². The van der Waals surface area contributed by atoms with Crippen molar-refractivity contribution in [2.45, 2.75) is 38.9 Å². The number of hydrogen-bond acceptors (Lipinski definition) is 6. The molecule has 0 amide bonds. The molecule has 1 rings (SSSR count). The Labute approximate surface area is 106 Å². The van der Waals surface area contributed by atoms with Crippen molar-refractivity contribution in [1.82, 2.24) is 0 Å². The van der Waals surface area contributed by atoms with Gasteiger partial charge >= 0.3 is 7.32 Å². The molecule has 0 saturated carbocycles. The summed E-state index contributed by atoms with van der Waals surface area (Å²) in [6.07, 6.45) is 0. The van der Waals surface area contributed by atoms with E-state index in [1.165, 1.54) is 0 Å². The average Bonchev–Trinajstić information content (AvgIpc) is 2.53. The highest BCUT2D eigenvalue weighted by atomic mass is 32.1. The predicted molar refractivity (Wildman–Crippen MR) is 69.3 cm³/mol. The van der Waals surface area contributed by atoms with Crippen molar-refractivity contribution in [3.8, 4) is 0 Å². The molecule has 5 N–H and O–H groups in total. The summed E-state index contributed by atoms with van der Waals surface area (Å²) < 4.78 is 0. The van der Waals surface area contributed by atoms with Crippen LogP contribution in [0.3, 0.4) is 0 Å². The molecule has 0 unspecified atom stereocenters. The minimum absolute atomic E-state index is 1.01. The van der Waals surface area contributed by atoms with E-state index in [-0.39, 0.29) is 0 Å². The van der Waals surface area contributed by atoms with E-state index in [1.54, 1.807) is 39.0 Å². The van der Waals surface area contributed by atoms with Crippen molar-refractivity contribution in [1.29, 1.82) is 0 Å². The second-order valence-electron chi connectivity index (χ2n) is 4.26. The number of thiophene rings is 1. The second-order valence-corrected chi connectivity index (χ2v) is 5.07. The van der Waals surface area contributed by atoms with Gasteiger partial charge in [0.1, 0.15) is 0 Å². The zero-order chi connectivity index (χ0) is 14.1. The van der Waals surface area contributed by atoms with Gasteiger partial charge in [-0.15, -0.1) is 0 Å². The van der Waals surface area contributed by atoms with Gasteiger partial charge in [0.05, 0.1) is 11.2 Å². The highest BCUT2D eigenvalue weighted by Crippen LogP contribution is 2.19. The monoisotopic (exact) mass is 264 g/mol. The largest absolute Gasteiger partial charge is 0.631 e. The van der Waals surface area contributed by atoms with Crippen LogP contribution in [0.15, 0.2) is 22.9 Å². The van der Waals surface area contributed by atoms with Crippen molar-refractivity contribution in [2.24, 2.45) is 0 Å². The van der Waals surface area contributed by atoms with Gasteiger partial charge in [0, 0.05) is 0 Å². The fraction of sp³-hybridized carbons (Fsp3) is 0.600. The summed E-state index contributed by atoms with van der Waals surface area (Å²) in [6.45, 7) is 6.31. The summed E-state index contributed by atoms with van der Waals surface area (Å²) in [5, 5.41) is 43.8. The lowest BCUT2D eigenvalue weighted by Crippen LogP contribution is -2.44. The van der Waals surface area contributed by atoms with Gasteiger partial charge in [-0.25, -0.2) is 0 Å². The maximum atomic E-state index is 9.10. The predicted octanol–water partition coefficient (Wildman–Crippen LogP) is 0.224. The van der Waals surface area contributed by atoms with Crippen LogP contribution in [-0.2, 0) is 0 Å². The van der Waals surface area contributed by atoms with Crippen molar-refractivity contribution in [2.75, 3.05) is 0 Å². The van der Waals surface area contributed by atoms with E-state index in [2.05, 4.69) is 0 Å². The van der Waals surface area contributed by atoms with Gasteiger partial charge in [0.15, 0.2) is 0 Å². The number of rotatable bonds is 1. The highest BCUT2D eigenvalue weighted by molar-refractivity contribution is 7.07. The fourth-order valence-electron chi connectivity index (χ4n) is 0.227. The van der Waals surface area contributed by atoms with E-state index in [4.69, 9.17) is 25.3 Å². The molecule has 0 fully saturated rings. The van der Waals surface area contributed by atoms with Crippen LogP contribution >= 0.6 is 11.3 Å². The van der Waals surface area contributed by atoms with Gasteiger partial charge in [-0.1, -0.05) is 12.1 Å². The van der Waals surface area contributed by atoms with Gasteiger partial charge in [-0.2, -0.15) is 11.3 Å².